The molecule has 2 rings (SSSR count). The van der Waals surface area contributed by atoms with Crippen LogP contribution in [0.15, 0.2) is 18.2 Å². The van der Waals surface area contributed by atoms with E-state index in [1.54, 1.807) is 18.2 Å². The van der Waals surface area contributed by atoms with E-state index >= 15 is 0 Å². The number of aliphatic hydroxyl groups is 1. The zero-order valence-corrected chi connectivity index (χ0v) is 11.4. The maximum absolute atomic E-state index is 11.4. The molecule has 0 heterocycles. The number of carbonyl (C=O) groups is 1. The summed E-state index contributed by atoms with van der Waals surface area (Å²) in [6.45, 7) is 0.233. The fourth-order valence-corrected chi connectivity index (χ4v) is 2.71. The fraction of sp³-hybridized carbons (Fsp3) is 0.500. The highest BCUT2D eigenvalue weighted by Gasteiger charge is 2.23. The third kappa shape index (κ3) is 3.39. The van der Waals surface area contributed by atoms with Crippen molar-refractivity contribution in [3.63, 3.8) is 0 Å². The molecule has 0 saturated heterocycles. The molecule has 104 valence electrons. The summed E-state index contributed by atoms with van der Waals surface area (Å²) in [6.07, 6.45) is 3.67. The van der Waals surface area contributed by atoms with Gasteiger partial charge < -0.3 is 15.6 Å². The summed E-state index contributed by atoms with van der Waals surface area (Å²) in [5.41, 5.74) is 5.57. The van der Waals surface area contributed by atoms with Crippen LogP contribution in [0, 0.1) is 5.92 Å². The Morgan fingerprint density at radius 1 is 1.37 bits per heavy atom. The molecule has 5 heteroatoms. The van der Waals surface area contributed by atoms with E-state index in [0.717, 1.165) is 25.7 Å². The molecule has 1 aromatic carbocycles. The SMILES string of the molecule is NC(=O)c1c(Cl)cccc1OC1CCC(CO)CC1. The predicted molar refractivity (Wildman–Crippen MR) is 73.4 cm³/mol. The molecule has 1 aliphatic carbocycles. The number of nitrogens with two attached hydrogens (primary N) is 1. The van der Waals surface area contributed by atoms with Crippen molar-refractivity contribution in [3.05, 3.63) is 28.8 Å². The van der Waals surface area contributed by atoms with Gasteiger partial charge in [0.15, 0.2) is 0 Å². The summed E-state index contributed by atoms with van der Waals surface area (Å²) in [6, 6.07) is 5.07. The van der Waals surface area contributed by atoms with Crippen molar-refractivity contribution in [2.24, 2.45) is 11.7 Å². The van der Waals surface area contributed by atoms with E-state index in [9.17, 15) is 4.79 Å². The lowest BCUT2D eigenvalue weighted by molar-refractivity contribution is 0.0953. The largest absolute Gasteiger partial charge is 0.490 e. The first-order valence-corrected chi connectivity index (χ1v) is 6.85. The van der Waals surface area contributed by atoms with E-state index in [-0.39, 0.29) is 18.3 Å². The zero-order valence-electron chi connectivity index (χ0n) is 10.6. The molecule has 1 fully saturated rings. The molecule has 0 radical (unpaired) electrons. The highest BCUT2D eigenvalue weighted by Crippen LogP contribution is 2.31. The molecule has 0 atom stereocenters. The van der Waals surface area contributed by atoms with Crippen molar-refractivity contribution in [1.82, 2.24) is 0 Å². The Bertz CT molecular complexity index is 456. The first-order valence-electron chi connectivity index (χ1n) is 6.47. The van der Waals surface area contributed by atoms with Crippen LogP contribution in [-0.2, 0) is 0 Å². The van der Waals surface area contributed by atoms with Gasteiger partial charge in [-0.2, -0.15) is 0 Å². The number of carbonyl (C=O) groups excluding carboxylic acids is 1. The summed E-state index contributed by atoms with van der Waals surface area (Å²) in [7, 11) is 0. The number of rotatable bonds is 4. The summed E-state index contributed by atoms with van der Waals surface area (Å²) in [5.74, 6) is 0.243. The van der Waals surface area contributed by atoms with Crippen molar-refractivity contribution in [1.29, 1.82) is 0 Å². The number of hydrogen-bond acceptors (Lipinski definition) is 3. The van der Waals surface area contributed by atoms with Gasteiger partial charge in [0.2, 0.25) is 0 Å². The molecular weight excluding hydrogens is 266 g/mol. The molecule has 1 aliphatic rings. The number of amides is 1. The maximum Gasteiger partial charge on any atom is 0.253 e. The lowest BCUT2D eigenvalue weighted by Gasteiger charge is -2.28. The lowest BCUT2D eigenvalue weighted by Crippen LogP contribution is -2.26. The number of halogens is 1. The van der Waals surface area contributed by atoms with E-state index in [0.29, 0.717) is 16.7 Å². The highest BCUT2D eigenvalue weighted by molar-refractivity contribution is 6.34. The molecule has 1 saturated carbocycles. The van der Waals surface area contributed by atoms with Crippen LogP contribution < -0.4 is 10.5 Å². The van der Waals surface area contributed by atoms with Gasteiger partial charge in [0.1, 0.15) is 5.75 Å². The van der Waals surface area contributed by atoms with Gasteiger partial charge in [-0.3, -0.25) is 4.79 Å². The van der Waals surface area contributed by atoms with Crippen molar-refractivity contribution < 1.29 is 14.6 Å². The van der Waals surface area contributed by atoms with Crippen molar-refractivity contribution in [2.45, 2.75) is 31.8 Å². The van der Waals surface area contributed by atoms with E-state index in [1.165, 1.54) is 0 Å². The molecule has 3 N–H and O–H groups in total. The van der Waals surface area contributed by atoms with E-state index < -0.39 is 5.91 Å². The Kier molecular flexibility index (Phi) is 4.66. The van der Waals surface area contributed by atoms with Gasteiger partial charge in [-0.05, 0) is 43.7 Å². The average molecular weight is 284 g/mol. The Labute approximate surface area is 117 Å². The summed E-state index contributed by atoms with van der Waals surface area (Å²) in [5, 5.41) is 9.41. The Morgan fingerprint density at radius 3 is 2.63 bits per heavy atom. The molecular formula is C14H18ClNO3. The van der Waals surface area contributed by atoms with Crippen molar-refractivity contribution in [2.75, 3.05) is 6.61 Å². The van der Waals surface area contributed by atoms with Crippen molar-refractivity contribution >= 4 is 17.5 Å². The van der Waals surface area contributed by atoms with Gasteiger partial charge in [-0.25, -0.2) is 0 Å². The third-order valence-corrected chi connectivity index (χ3v) is 3.88. The van der Waals surface area contributed by atoms with Crippen molar-refractivity contribution in [3.8, 4) is 5.75 Å². The molecule has 4 nitrogen and oxygen atoms in total. The minimum Gasteiger partial charge on any atom is -0.490 e. The van der Waals surface area contributed by atoms with Crippen LogP contribution in [0.3, 0.4) is 0 Å². The molecule has 1 amide bonds. The topological polar surface area (TPSA) is 72.6 Å². The van der Waals surface area contributed by atoms with Gasteiger partial charge >= 0.3 is 0 Å². The first kappa shape index (κ1) is 14.2. The molecule has 0 spiro atoms. The number of primary amides is 1. The molecule has 0 aliphatic heterocycles. The second-order valence-electron chi connectivity index (χ2n) is 4.92. The quantitative estimate of drug-likeness (QED) is 0.891. The smallest absolute Gasteiger partial charge is 0.253 e. The van der Waals surface area contributed by atoms with Gasteiger partial charge in [0, 0.05) is 6.61 Å². The second-order valence-corrected chi connectivity index (χ2v) is 5.33. The first-order chi connectivity index (χ1) is 9.11. The number of benzene rings is 1. The van der Waals surface area contributed by atoms with Crippen LogP contribution in [0.4, 0.5) is 0 Å². The lowest BCUT2D eigenvalue weighted by atomic mass is 9.88. The number of aliphatic hydroxyl groups excluding tert-OH is 1. The maximum atomic E-state index is 11.4. The summed E-state index contributed by atoms with van der Waals surface area (Å²) < 4.78 is 5.85. The van der Waals surface area contributed by atoms with Crippen LogP contribution in [0.2, 0.25) is 5.02 Å². The fourth-order valence-electron chi connectivity index (χ4n) is 2.45. The molecule has 0 aromatic heterocycles. The standard InChI is InChI=1S/C14H18ClNO3/c15-11-2-1-3-12(13(11)14(16)18)19-10-6-4-9(8-17)5-7-10/h1-3,9-10,17H,4-8H2,(H2,16,18). The highest BCUT2D eigenvalue weighted by atomic mass is 35.5. The van der Waals surface area contributed by atoms with E-state index in [4.69, 9.17) is 27.2 Å². The zero-order chi connectivity index (χ0) is 13.8. The van der Waals surface area contributed by atoms with E-state index in [1.807, 2.05) is 0 Å². The van der Waals surface area contributed by atoms with Gasteiger partial charge in [0.05, 0.1) is 16.7 Å². The minimum atomic E-state index is -0.579. The van der Waals surface area contributed by atoms with E-state index in [2.05, 4.69) is 0 Å². The van der Waals surface area contributed by atoms with Gasteiger partial charge in [-0.15, -0.1) is 0 Å². The second kappa shape index (κ2) is 6.26. The van der Waals surface area contributed by atoms with Gasteiger partial charge in [0.25, 0.3) is 5.91 Å². The Hall–Kier alpha value is -1.26. The molecule has 1 aromatic rings. The van der Waals surface area contributed by atoms with Gasteiger partial charge in [-0.1, -0.05) is 17.7 Å². The monoisotopic (exact) mass is 283 g/mol. The van der Waals surface area contributed by atoms with Crippen LogP contribution in [0.5, 0.6) is 5.75 Å². The predicted octanol–water partition coefficient (Wildman–Crippen LogP) is 2.37. The average Bonchev–Trinajstić information content (AvgIpc) is 2.39. The summed E-state index contributed by atoms with van der Waals surface area (Å²) in [4.78, 5) is 11.4. The number of hydrogen-bond donors (Lipinski definition) is 2. The minimum absolute atomic E-state index is 0.0550. The normalized spacial score (nSPS) is 23.1. The van der Waals surface area contributed by atoms with Crippen LogP contribution in [0.1, 0.15) is 36.0 Å². The summed E-state index contributed by atoms with van der Waals surface area (Å²) >= 11 is 5.97. The molecule has 0 bridgehead atoms. The van der Waals surface area contributed by atoms with Crippen LogP contribution in [-0.4, -0.2) is 23.7 Å². The molecule has 0 unspecified atom stereocenters. The molecule has 19 heavy (non-hydrogen) atoms. The third-order valence-electron chi connectivity index (χ3n) is 3.57. The Balaban J connectivity index is 2.08. The van der Waals surface area contributed by atoms with Crippen LogP contribution in [0.25, 0.3) is 0 Å². The number of ether oxygens (including phenoxy) is 1. The van der Waals surface area contributed by atoms with Crippen LogP contribution >= 0.6 is 11.6 Å². The Morgan fingerprint density at radius 2 is 2.05 bits per heavy atom.